The zero-order chi connectivity index (χ0) is 10.6. The summed E-state index contributed by atoms with van der Waals surface area (Å²) in [5, 5.41) is 3.66. The highest BCUT2D eigenvalue weighted by Crippen LogP contribution is 2.25. The maximum Gasteiger partial charge on any atom is 0.0250 e. The van der Waals surface area contributed by atoms with E-state index >= 15 is 0 Å². The van der Waals surface area contributed by atoms with E-state index in [0.717, 1.165) is 12.5 Å². The Labute approximate surface area is 89.0 Å². The first-order chi connectivity index (χ1) is 6.52. The van der Waals surface area contributed by atoms with E-state index in [0.29, 0.717) is 11.5 Å². The summed E-state index contributed by atoms with van der Waals surface area (Å²) in [5.74, 6) is 0.738. The molecule has 1 unspecified atom stereocenters. The molecule has 82 valence electrons. The van der Waals surface area contributed by atoms with Gasteiger partial charge in [0.05, 0.1) is 0 Å². The first-order valence-electron chi connectivity index (χ1n) is 5.92. The van der Waals surface area contributed by atoms with Crippen molar-refractivity contribution < 1.29 is 0 Å². The normalized spacial score (nSPS) is 23.1. The van der Waals surface area contributed by atoms with Crippen molar-refractivity contribution >= 4 is 0 Å². The van der Waals surface area contributed by atoms with E-state index < -0.39 is 0 Å². The summed E-state index contributed by atoms with van der Waals surface area (Å²) in [7, 11) is 0. The van der Waals surface area contributed by atoms with Crippen molar-refractivity contribution in [3.8, 4) is 0 Å². The molecule has 0 fully saturated rings. The Morgan fingerprint density at radius 3 is 2.64 bits per heavy atom. The van der Waals surface area contributed by atoms with Gasteiger partial charge in [-0.1, -0.05) is 39.8 Å². The Morgan fingerprint density at radius 1 is 1.43 bits per heavy atom. The molecule has 0 aromatic carbocycles. The van der Waals surface area contributed by atoms with E-state index in [1.54, 1.807) is 0 Å². The SMILES string of the molecule is CC(C)C(C)(C)CNC1C=CCCC1. The van der Waals surface area contributed by atoms with Crippen molar-refractivity contribution in [1.29, 1.82) is 0 Å². The third-order valence-corrected chi connectivity index (χ3v) is 3.64. The van der Waals surface area contributed by atoms with Crippen LogP contribution in [0.5, 0.6) is 0 Å². The van der Waals surface area contributed by atoms with E-state index in [-0.39, 0.29) is 0 Å². The van der Waals surface area contributed by atoms with Gasteiger partial charge in [-0.15, -0.1) is 0 Å². The standard InChI is InChI=1S/C13H25N/c1-11(2)13(3,4)10-14-12-8-6-5-7-9-12/h6,8,11-12,14H,5,7,9-10H2,1-4H3. The molecule has 1 N–H and O–H groups in total. The summed E-state index contributed by atoms with van der Waals surface area (Å²) < 4.78 is 0. The molecule has 0 saturated heterocycles. The van der Waals surface area contributed by atoms with Gasteiger partial charge in [0.1, 0.15) is 0 Å². The van der Waals surface area contributed by atoms with Crippen LogP contribution in [0.15, 0.2) is 12.2 Å². The monoisotopic (exact) mass is 195 g/mol. The molecule has 0 aromatic heterocycles. The molecule has 1 aliphatic carbocycles. The Hall–Kier alpha value is -0.300. The zero-order valence-corrected chi connectivity index (χ0v) is 10.1. The van der Waals surface area contributed by atoms with Gasteiger partial charge in [-0.25, -0.2) is 0 Å². The second-order valence-electron chi connectivity index (χ2n) is 5.49. The summed E-state index contributed by atoms with van der Waals surface area (Å²) in [6.45, 7) is 10.4. The Morgan fingerprint density at radius 2 is 2.14 bits per heavy atom. The molecule has 1 nitrogen and oxygen atoms in total. The van der Waals surface area contributed by atoms with E-state index in [4.69, 9.17) is 0 Å². The molecule has 0 amide bonds. The first kappa shape index (κ1) is 11.8. The third-order valence-electron chi connectivity index (χ3n) is 3.64. The fraction of sp³-hybridized carbons (Fsp3) is 0.846. The number of hydrogen-bond acceptors (Lipinski definition) is 1. The van der Waals surface area contributed by atoms with Gasteiger partial charge in [-0.05, 0) is 30.6 Å². The van der Waals surface area contributed by atoms with Gasteiger partial charge < -0.3 is 5.32 Å². The number of nitrogens with one attached hydrogen (secondary N) is 1. The summed E-state index contributed by atoms with van der Waals surface area (Å²) in [4.78, 5) is 0. The molecule has 1 heteroatoms. The molecule has 0 bridgehead atoms. The van der Waals surface area contributed by atoms with Crippen LogP contribution in [0, 0.1) is 11.3 Å². The lowest BCUT2D eigenvalue weighted by atomic mass is 9.81. The fourth-order valence-corrected chi connectivity index (χ4v) is 1.58. The van der Waals surface area contributed by atoms with Crippen molar-refractivity contribution in [2.45, 2.75) is 53.0 Å². The van der Waals surface area contributed by atoms with E-state index in [1.807, 2.05) is 0 Å². The number of hydrogen-bond donors (Lipinski definition) is 1. The van der Waals surface area contributed by atoms with Gasteiger partial charge in [0, 0.05) is 12.6 Å². The highest BCUT2D eigenvalue weighted by atomic mass is 14.9. The van der Waals surface area contributed by atoms with Gasteiger partial charge in [-0.2, -0.15) is 0 Å². The number of allylic oxidation sites excluding steroid dienone is 1. The molecule has 0 aromatic rings. The second-order valence-corrected chi connectivity index (χ2v) is 5.49. The van der Waals surface area contributed by atoms with Crippen molar-refractivity contribution in [3.05, 3.63) is 12.2 Å². The van der Waals surface area contributed by atoms with Crippen LogP contribution in [0.2, 0.25) is 0 Å². The minimum atomic E-state index is 0.408. The lowest BCUT2D eigenvalue weighted by Gasteiger charge is -2.31. The molecule has 0 spiro atoms. The molecule has 0 radical (unpaired) electrons. The molecule has 0 saturated carbocycles. The molecule has 1 rings (SSSR count). The number of rotatable bonds is 4. The highest BCUT2D eigenvalue weighted by molar-refractivity contribution is 4.98. The van der Waals surface area contributed by atoms with Gasteiger partial charge in [-0.3, -0.25) is 0 Å². The summed E-state index contributed by atoms with van der Waals surface area (Å²) in [6, 6.07) is 0.627. The highest BCUT2D eigenvalue weighted by Gasteiger charge is 2.22. The van der Waals surface area contributed by atoms with Crippen molar-refractivity contribution in [3.63, 3.8) is 0 Å². The maximum absolute atomic E-state index is 3.66. The average molecular weight is 195 g/mol. The summed E-state index contributed by atoms with van der Waals surface area (Å²) in [6.07, 6.45) is 8.57. The van der Waals surface area contributed by atoms with Crippen molar-refractivity contribution in [2.75, 3.05) is 6.54 Å². The van der Waals surface area contributed by atoms with E-state index in [2.05, 4.69) is 45.2 Å². The topological polar surface area (TPSA) is 12.0 Å². The van der Waals surface area contributed by atoms with Crippen LogP contribution in [-0.2, 0) is 0 Å². The molecular weight excluding hydrogens is 170 g/mol. The Kier molecular flexibility index (Phi) is 4.18. The van der Waals surface area contributed by atoms with Crippen LogP contribution in [0.25, 0.3) is 0 Å². The Balaban J connectivity index is 2.32. The lowest BCUT2D eigenvalue weighted by Crippen LogP contribution is -2.39. The smallest absolute Gasteiger partial charge is 0.0250 e. The van der Waals surface area contributed by atoms with Gasteiger partial charge in [0.25, 0.3) is 0 Å². The minimum Gasteiger partial charge on any atom is -0.310 e. The maximum atomic E-state index is 3.66. The fourth-order valence-electron chi connectivity index (χ4n) is 1.58. The molecule has 0 heterocycles. The molecular formula is C13H25N. The summed E-state index contributed by atoms with van der Waals surface area (Å²) >= 11 is 0. The first-order valence-corrected chi connectivity index (χ1v) is 5.92. The van der Waals surface area contributed by atoms with Crippen molar-refractivity contribution in [1.82, 2.24) is 5.32 Å². The van der Waals surface area contributed by atoms with Gasteiger partial charge in [0.2, 0.25) is 0 Å². The largest absolute Gasteiger partial charge is 0.310 e. The van der Waals surface area contributed by atoms with Crippen LogP contribution in [0.4, 0.5) is 0 Å². The lowest BCUT2D eigenvalue weighted by molar-refractivity contribution is 0.231. The van der Waals surface area contributed by atoms with Crippen LogP contribution in [0.3, 0.4) is 0 Å². The third kappa shape index (κ3) is 3.45. The van der Waals surface area contributed by atoms with Crippen LogP contribution >= 0.6 is 0 Å². The van der Waals surface area contributed by atoms with Gasteiger partial charge in [0.15, 0.2) is 0 Å². The predicted octanol–water partition coefficient (Wildman–Crippen LogP) is 3.37. The van der Waals surface area contributed by atoms with Crippen LogP contribution in [-0.4, -0.2) is 12.6 Å². The minimum absolute atomic E-state index is 0.408. The molecule has 1 aliphatic rings. The Bertz CT molecular complexity index is 191. The van der Waals surface area contributed by atoms with E-state index in [1.165, 1.54) is 19.3 Å². The van der Waals surface area contributed by atoms with Crippen LogP contribution in [0.1, 0.15) is 47.0 Å². The predicted molar refractivity (Wildman–Crippen MR) is 63.4 cm³/mol. The summed E-state index contributed by atoms with van der Waals surface area (Å²) in [5.41, 5.74) is 0.408. The van der Waals surface area contributed by atoms with Crippen molar-refractivity contribution in [2.24, 2.45) is 11.3 Å². The molecule has 14 heavy (non-hydrogen) atoms. The van der Waals surface area contributed by atoms with Gasteiger partial charge >= 0.3 is 0 Å². The van der Waals surface area contributed by atoms with E-state index in [9.17, 15) is 0 Å². The quantitative estimate of drug-likeness (QED) is 0.678. The second kappa shape index (κ2) is 4.97. The zero-order valence-electron chi connectivity index (χ0n) is 10.1. The molecule has 1 atom stereocenters. The average Bonchev–Trinajstić information content (AvgIpc) is 2.16. The van der Waals surface area contributed by atoms with Crippen LogP contribution < -0.4 is 5.32 Å². The molecule has 0 aliphatic heterocycles.